The summed E-state index contributed by atoms with van der Waals surface area (Å²) < 4.78 is 0. The number of carbonyl (C=O) groups excluding carboxylic acids is 1. The van der Waals surface area contributed by atoms with Crippen LogP contribution in [0, 0.1) is 11.8 Å². The molecule has 94 valence electrons. The lowest BCUT2D eigenvalue weighted by atomic mass is 9.79. The van der Waals surface area contributed by atoms with Crippen LogP contribution in [-0.2, 0) is 4.79 Å². The molecule has 0 heterocycles. The van der Waals surface area contributed by atoms with Gasteiger partial charge in [0.25, 0.3) is 0 Å². The first-order valence-corrected chi connectivity index (χ1v) is 6.17. The molecule has 1 fully saturated rings. The summed E-state index contributed by atoms with van der Waals surface area (Å²) in [6.45, 7) is 3.80. The van der Waals surface area contributed by atoms with Gasteiger partial charge in [-0.3, -0.25) is 4.79 Å². The second kappa shape index (κ2) is 6.21. The smallest absolute Gasteiger partial charge is 0.223 e. The molecule has 1 aliphatic carbocycles. The summed E-state index contributed by atoms with van der Waals surface area (Å²) in [6, 6.07) is 0.202. The highest BCUT2D eigenvalue weighted by molar-refractivity contribution is 5.78. The summed E-state index contributed by atoms with van der Waals surface area (Å²) in [7, 11) is 4.01. The van der Waals surface area contributed by atoms with E-state index in [9.17, 15) is 4.79 Å². The largest absolute Gasteiger partial charge is 0.355 e. The summed E-state index contributed by atoms with van der Waals surface area (Å²) in [5.74, 6) is 0.887. The van der Waals surface area contributed by atoms with Gasteiger partial charge in [0.15, 0.2) is 0 Å². The molecule has 4 heteroatoms. The van der Waals surface area contributed by atoms with Crippen molar-refractivity contribution >= 4 is 5.91 Å². The summed E-state index contributed by atoms with van der Waals surface area (Å²) in [5.41, 5.74) is 5.94. The summed E-state index contributed by atoms with van der Waals surface area (Å²) >= 11 is 0. The van der Waals surface area contributed by atoms with E-state index >= 15 is 0 Å². The van der Waals surface area contributed by atoms with Crippen molar-refractivity contribution in [3.8, 4) is 0 Å². The zero-order valence-corrected chi connectivity index (χ0v) is 10.7. The number of rotatable bonds is 4. The van der Waals surface area contributed by atoms with Crippen molar-refractivity contribution in [2.75, 3.05) is 27.2 Å². The summed E-state index contributed by atoms with van der Waals surface area (Å²) in [5, 5.41) is 2.99. The van der Waals surface area contributed by atoms with E-state index in [-0.39, 0.29) is 17.9 Å². The lowest BCUT2D eigenvalue weighted by Crippen LogP contribution is -2.41. The van der Waals surface area contributed by atoms with E-state index in [1.165, 1.54) is 0 Å². The zero-order chi connectivity index (χ0) is 12.1. The first kappa shape index (κ1) is 13.5. The third-order valence-corrected chi connectivity index (χ3v) is 3.21. The lowest BCUT2D eigenvalue weighted by molar-refractivity contribution is -0.126. The van der Waals surface area contributed by atoms with Gasteiger partial charge in [0.1, 0.15) is 0 Å². The molecule has 1 aliphatic rings. The van der Waals surface area contributed by atoms with E-state index in [0.29, 0.717) is 5.92 Å². The number of nitrogens with zero attached hydrogens (tertiary/aromatic N) is 1. The number of hydrogen-bond donors (Lipinski definition) is 2. The van der Waals surface area contributed by atoms with Crippen molar-refractivity contribution in [3.05, 3.63) is 0 Å². The minimum Gasteiger partial charge on any atom is -0.355 e. The zero-order valence-electron chi connectivity index (χ0n) is 10.7. The Morgan fingerprint density at radius 1 is 1.38 bits per heavy atom. The van der Waals surface area contributed by atoms with Crippen molar-refractivity contribution in [1.29, 1.82) is 0 Å². The highest BCUT2D eigenvalue weighted by Gasteiger charge is 2.28. The van der Waals surface area contributed by atoms with E-state index < -0.39 is 0 Å². The Morgan fingerprint density at radius 3 is 2.62 bits per heavy atom. The van der Waals surface area contributed by atoms with E-state index in [4.69, 9.17) is 5.73 Å². The summed E-state index contributed by atoms with van der Waals surface area (Å²) in [6.07, 6.45) is 2.89. The number of nitrogens with one attached hydrogen (secondary N) is 1. The van der Waals surface area contributed by atoms with Crippen LogP contribution < -0.4 is 11.1 Å². The molecule has 0 aromatic heterocycles. The molecule has 16 heavy (non-hydrogen) atoms. The van der Waals surface area contributed by atoms with Gasteiger partial charge >= 0.3 is 0 Å². The Balaban J connectivity index is 2.30. The van der Waals surface area contributed by atoms with Gasteiger partial charge in [-0.05, 0) is 39.3 Å². The molecule has 0 aromatic rings. The van der Waals surface area contributed by atoms with Gasteiger partial charge in [-0.15, -0.1) is 0 Å². The molecular formula is C12H25N3O. The Hall–Kier alpha value is -0.610. The fourth-order valence-corrected chi connectivity index (χ4v) is 2.42. The van der Waals surface area contributed by atoms with Gasteiger partial charge in [-0.25, -0.2) is 0 Å². The minimum absolute atomic E-state index is 0.126. The molecule has 1 rings (SSSR count). The first-order valence-electron chi connectivity index (χ1n) is 6.17. The Bertz CT molecular complexity index is 220. The number of carbonyl (C=O) groups is 1. The van der Waals surface area contributed by atoms with Gasteiger partial charge in [-0.2, -0.15) is 0 Å². The number of hydrogen-bond acceptors (Lipinski definition) is 3. The first-order chi connectivity index (χ1) is 7.49. The SMILES string of the molecule is CC1CC(N)CC(C(=O)NCCN(C)C)C1. The van der Waals surface area contributed by atoms with Crippen molar-refractivity contribution in [1.82, 2.24) is 10.2 Å². The third kappa shape index (κ3) is 4.49. The van der Waals surface area contributed by atoms with Gasteiger partial charge in [0.05, 0.1) is 0 Å². The number of nitrogens with two attached hydrogens (primary N) is 1. The molecule has 0 aliphatic heterocycles. The molecule has 3 atom stereocenters. The molecule has 0 radical (unpaired) electrons. The van der Waals surface area contributed by atoms with Crippen LogP contribution in [0.5, 0.6) is 0 Å². The predicted octanol–water partition coefficient (Wildman–Crippen LogP) is 0.428. The Labute approximate surface area is 98.6 Å². The standard InChI is InChI=1S/C12H25N3O/c1-9-6-10(8-11(13)7-9)12(16)14-4-5-15(2)3/h9-11H,4-8,13H2,1-3H3,(H,14,16). The molecule has 3 N–H and O–H groups in total. The van der Waals surface area contributed by atoms with Crippen molar-refractivity contribution in [2.24, 2.45) is 17.6 Å². The van der Waals surface area contributed by atoms with Crippen LogP contribution in [0.25, 0.3) is 0 Å². The number of amides is 1. The van der Waals surface area contributed by atoms with Crippen molar-refractivity contribution < 1.29 is 4.79 Å². The molecule has 1 amide bonds. The molecule has 0 aromatic carbocycles. The second-order valence-electron chi connectivity index (χ2n) is 5.36. The lowest BCUT2D eigenvalue weighted by Gasteiger charge is -2.30. The van der Waals surface area contributed by atoms with Gasteiger partial charge < -0.3 is 16.0 Å². The van der Waals surface area contributed by atoms with Gasteiger partial charge in [0, 0.05) is 25.0 Å². The highest BCUT2D eigenvalue weighted by Crippen LogP contribution is 2.27. The third-order valence-electron chi connectivity index (χ3n) is 3.21. The van der Waals surface area contributed by atoms with Crippen LogP contribution in [0.3, 0.4) is 0 Å². The Morgan fingerprint density at radius 2 is 2.06 bits per heavy atom. The van der Waals surface area contributed by atoms with E-state index in [2.05, 4.69) is 17.1 Å². The van der Waals surface area contributed by atoms with E-state index in [0.717, 1.165) is 32.4 Å². The maximum absolute atomic E-state index is 11.9. The molecule has 3 unspecified atom stereocenters. The molecule has 0 saturated heterocycles. The molecule has 0 bridgehead atoms. The van der Waals surface area contributed by atoms with Gasteiger partial charge in [0.2, 0.25) is 5.91 Å². The average Bonchev–Trinajstić information content (AvgIpc) is 2.15. The van der Waals surface area contributed by atoms with Crippen LogP contribution in [0.4, 0.5) is 0 Å². The highest BCUT2D eigenvalue weighted by atomic mass is 16.1. The van der Waals surface area contributed by atoms with Crippen molar-refractivity contribution in [2.45, 2.75) is 32.2 Å². The van der Waals surface area contributed by atoms with Crippen LogP contribution in [0.15, 0.2) is 0 Å². The normalized spacial score (nSPS) is 30.4. The molecule has 1 saturated carbocycles. The minimum atomic E-state index is 0.126. The topological polar surface area (TPSA) is 58.4 Å². The molecule has 4 nitrogen and oxygen atoms in total. The number of likely N-dealkylation sites (N-methyl/N-ethyl adjacent to an activating group) is 1. The van der Waals surface area contributed by atoms with E-state index in [1.807, 2.05) is 14.1 Å². The van der Waals surface area contributed by atoms with Crippen LogP contribution >= 0.6 is 0 Å². The van der Waals surface area contributed by atoms with Crippen LogP contribution in [0.1, 0.15) is 26.2 Å². The van der Waals surface area contributed by atoms with E-state index in [1.54, 1.807) is 0 Å². The molecular weight excluding hydrogens is 202 g/mol. The summed E-state index contributed by atoms with van der Waals surface area (Å²) in [4.78, 5) is 14.0. The van der Waals surface area contributed by atoms with Gasteiger partial charge in [-0.1, -0.05) is 6.92 Å². The average molecular weight is 227 g/mol. The maximum Gasteiger partial charge on any atom is 0.223 e. The van der Waals surface area contributed by atoms with Crippen LogP contribution in [-0.4, -0.2) is 44.0 Å². The fraction of sp³-hybridized carbons (Fsp3) is 0.917. The van der Waals surface area contributed by atoms with Crippen LogP contribution in [0.2, 0.25) is 0 Å². The molecule has 0 spiro atoms. The maximum atomic E-state index is 11.9. The quantitative estimate of drug-likeness (QED) is 0.732. The monoisotopic (exact) mass is 227 g/mol. The predicted molar refractivity (Wildman–Crippen MR) is 66.0 cm³/mol. The second-order valence-corrected chi connectivity index (χ2v) is 5.36. The Kier molecular flexibility index (Phi) is 5.22. The van der Waals surface area contributed by atoms with Crippen molar-refractivity contribution in [3.63, 3.8) is 0 Å². The fourth-order valence-electron chi connectivity index (χ4n) is 2.42.